The highest BCUT2D eigenvalue weighted by Crippen LogP contribution is 2.43. The van der Waals surface area contributed by atoms with Gasteiger partial charge in [-0.15, -0.1) is 0 Å². The van der Waals surface area contributed by atoms with Gasteiger partial charge in [0.05, 0.1) is 13.2 Å². The molecule has 11 nitrogen and oxygen atoms in total. The molecule has 0 aromatic carbocycles. The zero-order valence-electron chi connectivity index (χ0n) is 28.6. The third-order valence-corrected chi connectivity index (χ3v) is 7.82. The van der Waals surface area contributed by atoms with Crippen molar-refractivity contribution in [1.82, 2.24) is 5.32 Å². The molecule has 3 atom stereocenters. The Hall–Kier alpha value is -2.56. The van der Waals surface area contributed by atoms with E-state index in [-0.39, 0.29) is 12.8 Å². The summed E-state index contributed by atoms with van der Waals surface area (Å²) in [4.78, 5) is 45.1. The second-order valence-electron chi connectivity index (χ2n) is 11.4. The van der Waals surface area contributed by atoms with Crippen molar-refractivity contribution in [2.24, 2.45) is 0 Å². The number of hydrogen-bond acceptors (Lipinski definition) is 8. The molecule has 0 heterocycles. The van der Waals surface area contributed by atoms with Gasteiger partial charge in [0.1, 0.15) is 12.7 Å². The average Bonchev–Trinajstić information content (AvgIpc) is 3.04. The number of allylic oxidation sites excluding steroid dienone is 8. The van der Waals surface area contributed by atoms with Crippen molar-refractivity contribution in [3.63, 3.8) is 0 Å². The number of amides is 1. The van der Waals surface area contributed by atoms with Crippen molar-refractivity contribution in [2.75, 3.05) is 19.8 Å². The molecule has 0 aromatic heterocycles. The molecule has 0 spiro atoms. The van der Waals surface area contributed by atoms with Gasteiger partial charge in [0.2, 0.25) is 5.91 Å². The standard InChI is InChI=1S/C35H60NO10P/c1-3-5-7-9-10-11-12-13-14-15-16-17-18-19-20-21-22-23-25-27-34(39)44-28-31(37)29-45-47(42,43)46-30-32(35(40)41)36-33(38)26-24-8-6-4-2/h10-11,13-14,16-17,19-20,31-32,37H,3-9,12,15,18,21-30H2,1-2H3,(H,36,38)(H,40,41)(H,42,43)/b11-10-,14-13-,17-16-,20-19-. The first-order valence-corrected chi connectivity index (χ1v) is 18.7. The molecule has 0 aliphatic heterocycles. The molecule has 0 rings (SSSR count). The Morgan fingerprint density at radius 2 is 1.17 bits per heavy atom. The fourth-order valence-corrected chi connectivity index (χ4v) is 4.89. The van der Waals surface area contributed by atoms with E-state index in [9.17, 15) is 34.1 Å². The lowest BCUT2D eigenvalue weighted by Crippen LogP contribution is -2.43. The Balaban J connectivity index is 3.95. The Bertz CT molecular complexity index is 995. The van der Waals surface area contributed by atoms with E-state index in [2.05, 4.69) is 69.9 Å². The molecular weight excluding hydrogens is 625 g/mol. The Labute approximate surface area is 282 Å². The molecule has 0 aromatic rings. The average molecular weight is 686 g/mol. The van der Waals surface area contributed by atoms with Crippen LogP contribution in [0.3, 0.4) is 0 Å². The Morgan fingerprint density at radius 1 is 0.681 bits per heavy atom. The van der Waals surface area contributed by atoms with Gasteiger partial charge in [0, 0.05) is 12.8 Å². The van der Waals surface area contributed by atoms with E-state index in [1.165, 1.54) is 25.7 Å². The quantitative estimate of drug-likeness (QED) is 0.0248. The number of hydrogen-bond donors (Lipinski definition) is 4. The third kappa shape index (κ3) is 30.5. The van der Waals surface area contributed by atoms with Crippen LogP contribution in [-0.4, -0.2) is 64.9 Å². The number of ether oxygens (including phenoxy) is 1. The maximum atomic E-state index is 12.1. The number of esters is 1. The van der Waals surface area contributed by atoms with Crippen LogP contribution in [0.1, 0.15) is 123 Å². The summed E-state index contributed by atoms with van der Waals surface area (Å²) in [5.41, 5.74) is 0. The van der Waals surface area contributed by atoms with Gasteiger partial charge in [0.25, 0.3) is 0 Å². The molecule has 1 amide bonds. The van der Waals surface area contributed by atoms with E-state index in [0.29, 0.717) is 12.8 Å². The summed E-state index contributed by atoms with van der Waals surface area (Å²) in [7, 11) is -4.74. The molecule has 270 valence electrons. The summed E-state index contributed by atoms with van der Waals surface area (Å²) in [6.07, 6.45) is 30.9. The van der Waals surface area contributed by atoms with Crippen LogP contribution in [-0.2, 0) is 32.7 Å². The van der Waals surface area contributed by atoms with E-state index in [4.69, 9.17) is 4.74 Å². The maximum absolute atomic E-state index is 12.1. The van der Waals surface area contributed by atoms with E-state index >= 15 is 0 Å². The minimum Gasteiger partial charge on any atom is -0.480 e. The molecule has 0 aliphatic rings. The highest BCUT2D eigenvalue weighted by atomic mass is 31.2. The molecule has 0 saturated heterocycles. The molecule has 3 unspecified atom stereocenters. The molecule has 0 radical (unpaired) electrons. The van der Waals surface area contributed by atoms with E-state index < -0.39 is 57.6 Å². The maximum Gasteiger partial charge on any atom is 0.472 e. The van der Waals surface area contributed by atoms with Gasteiger partial charge >= 0.3 is 19.8 Å². The van der Waals surface area contributed by atoms with Crippen LogP contribution in [0.4, 0.5) is 0 Å². The highest BCUT2D eigenvalue weighted by Gasteiger charge is 2.28. The fraction of sp³-hybridized carbons (Fsp3) is 0.686. The number of phosphoric acid groups is 1. The van der Waals surface area contributed by atoms with E-state index in [1.807, 2.05) is 6.92 Å². The number of nitrogens with one attached hydrogen (secondary N) is 1. The van der Waals surface area contributed by atoms with Crippen molar-refractivity contribution >= 4 is 25.7 Å². The monoisotopic (exact) mass is 685 g/mol. The number of phosphoric ester groups is 1. The first-order chi connectivity index (χ1) is 22.6. The fourth-order valence-electron chi connectivity index (χ4n) is 4.12. The number of carboxylic acid groups (broad SMARTS) is 1. The predicted molar refractivity (Wildman–Crippen MR) is 185 cm³/mol. The number of aliphatic hydroxyl groups is 1. The van der Waals surface area contributed by atoms with Crippen molar-refractivity contribution in [3.05, 3.63) is 48.6 Å². The van der Waals surface area contributed by atoms with Crippen LogP contribution in [0, 0.1) is 0 Å². The molecule has 0 aliphatic carbocycles. The summed E-state index contributed by atoms with van der Waals surface area (Å²) in [6.45, 7) is 2.31. The zero-order chi connectivity index (χ0) is 35.0. The number of aliphatic carboxylic acids is 1. The van der Waals surface area contributed by atoms with Crippen LogP contribution < -0.4 is 5.32 Å². The molecule has 0 fully saturated rings. The third-order valence-electron chi connectivity index (χ3n) is 6.87. The van der Waals surface area contributed by atoms with Gasteiger partial charge in [-0.3, -0.25) is 18.6 Å². The van der Waals surface area contributed by atoms with Crippen LogP contribution in [0.2, 0.25) is 0 Å². The van der Waals surface area contributed by atoms with E-state index in [0.717, 1.165) is 57.8 Å². The molecule has 4 N–H and O–H groups in total. The SMILES string of the molecule is CCCCC/C=C\C/C=C\C/C=C\C/C=C\CCCCCC(=O)OCC(O)COP(=O)(O)OCC(NC(=O)CCCCCC)C(=O)O. The second-order valence-corrected chi connectivity index (χ2v) is 12.8. The van der Waals surface area contributed by atoms with Crippen LogP contribution in [0.15, 0.2) is 48.6 Å². The van der Waals surface area contributed by atoms with Crippen molar-refractivity contribution in [2.45, 2.75) is 135 Å². The van der Waals surface area contributed by atoms with Gasteiger partial charge in [-0.2, -0.15) is 0 Å². The number of unbranched alkanes of at least 4 members (excludes halogenated alkanes) is 9. The minimum absolute atomic E-state index is 0.133. The van der Waals surface area contributed by atoms with Gasteiger partial charge < -0.3 is 25.2 Å². The summed E-state index contributed by atoms with van der Waals surface area (Å²) in [6, 6.07) is -1.54. The normalized spacial score (nSPS) is 14.6. The van der Waals surface area contributed by atoms with E-state index in [1.54, 1.807) is 0 Å². The van der Waals surface area contributed by atoms with Gasteiger partial charge in [-0.1, -0.05) is 101 Å². The first-order valence-electron chi connectivity index (χ1n) is 17.2. The molecule has 12 heteroatoms. The topological polar surface area (TPSA) is 169 Å². The lowest BCUT2D eigenvalue weighted by Gasteiger charge is -2.18. The summed E-state index contributed by atoms with van der Waals surface area (Å²) >= 11 is 0. The van der Waals surface area contributed by atoms with Crippen LogP contribution in [0.5, 0.6) is 0 Å². The summed E-state index contributed by atoms with van der Waals surface area (Å²) in [5.74, 6) is -2.44. The minimum atomic E-state index is -4.74. The van der Waals surface area contributed by atoms with Crippen molar-refractivity contribution in [1.29, 1.82) is 0 Å². The smallest absolute Gasteiger partial charge is 0.472 e. The number of carbonyl (C=O) groups excluding carboxylic acids is 2. The first kappa shape index (κ1) is 44.4. The molecule has 0 saturated carbocycles. The van der Waals surface area contributed by atoms with Gasteiger partial charge in [0.15, 0.2) is 6.04 Å². The molecule has 47 heavy (non-hydrogen) atoms. The number of aliphatic hydroxyl groups excluding tert-OH is 1. The van der Waals surface area contributed by atoms with Crippen molar-refractivity contribution < 1.29 is 47.8 Å². The summed E-state index contributed by atoms with van der Waals surface area (Å²) in [5, 5.41) is 21.5. The lowest BCUT2D eigenvalue weighted by molar-refractivity contribution is -0.147. The zero-order valence-corrected chi connectivity index (χ0v) is 29.5. The highest BCUT2D eigenvalue weighted by molar-refractivity contribution is 7.47. The van der Waals surface area contributed by atoms with Gasteiger partial charge in [-0.25, -0.2) is 9.36 Å². The number of carbonyl (C=O) groups is 3. The Kier molecular flexibility index (Phi) is 29.1. The number of carboxylic acids is 1. The second kappa shape index (κ2) is 30.8. The Morgan fingerprint density at radius 3 is 1.74 bits per heavy atom. The molecular formula is C35H60NO10P. The molecule has 0 bridgehead atoms. The predicted octanol–water partition coefficient (Wildman–Crippen LogP) is 7.49. The van der Waals surface area contributed by atoms with Crippen LogP contribution >= 0.6 is 7.82 Å². The van der Waals surface area contributed by atoms with Crippen LogP contribution in [0.25, 0.3) is 0 Å². The van der Waals surface area contributed by atoms with Gasteiger partial charge in [-0.05, 0) is 57.8 Å². The number of rotatable bonds is 31. The van der Waals surface area contributed by atoms with Crippen molar-refractivity contribution in [3.8, 4) is 0 Å². The largest absolute Gasteiger partial charge is 0.480 e. The summed E-state index contributed by atoms with van der Waals surface area (Å²) < 4.78 is 26.4. The lowest BCUT2D eigenvalue weighted by atomic mass is 10.1.